The Morgan fingerprint density at radius 1 is 1.36 bits per heavy atom. The molecule has 0 bridgehead atoms. The normalized spacial score (nSPS) is 14.5. The van der Waals surface area contributed by atoms with Crippen LogP contribution in [0.15, 0.2) is 29.3 Å². The lowest BCUT2D eigenvalue weighted by molar-refractivity contribution is -0.115. The van der Waals surface area contributed by atoms with Gasteiger partial charge in [-0.25, -0.2) is 4.98 Å². The van der Waals surface area contributed by atoms with Crippen LogP contribution in [0.25, 0.3) is 0 Å². The highest BCUT2D eigenvalue weighted by molar-refractivity contribution is 8.00. The molecule has 0 aliphatic heterocycles. The van der Waals surface area contributed by atoms with Gasteiger partial charge in [-0.2, -0.15) is 5.26 Å². The second kappa shape index (κ2) is 9.45. The zero-order valence-corrected chi connectivity index (χ0v) is 17.8. The molecule has 1 N–H and O–H groups in total. The van der Waals surface area contributed by atoms with Gasteiger partial charge in [0, 0.05) is 16.4 Å². The molecule has 1 aromatic carbocycles. The quantitative estimate of drug-likeness (QED) is 0.504. The van der Waals surface area contributed by atoms with Crippen LogP contribution in [0.2, 0.25) is 5.02 Å². The number of aryl methyl sites for hydroxylation is 2. The number of carbonyl (C=O) groups excluding carboxylic acids is 1. The molecule has 146 valence electrons. The molecule has 0 radical (unpaired) electrons. The minimum atomic E-state index is -0.332. The molecule has 0 saturated heterocycles. The van der Waals surface area contributed by atoms with E-state index in [9.17, 15) is 10.1 Å². The summed E-state index contributed by atoms with van der Waals surface area (Å²) in [6, 6.07) is 9.71. The van der Waals surface area contributed by atoms with E-state index in [4.69, 9.17) is 16.6 Å². The molecule has 0 fully saturated rings. The van der Waals surface area contributed by atoms with Gasteiger partial charge in [0.15, 0.2) is 0 Å². The summed E-state index contributed by atoms with van der Waals surface area (Å²) in [5.74, 6) is -0.0986. The fourth-order valence-corrected chi connectivity index (χ4v) is 4.55. The lowest BCUT2D eigenvalue weighted by atomic mass is 10.1. The number of rotatable bonds is 5. The molecule has 1 aromatic heterocycles. The molecule has 0 spiro atoms. The van der Waals surface area contributed by atoms with E-state index in [1.54, 1.807) is 6.07 Å². The zero-order chi connectivity index (χ0) is 20.1. The minimum absolute atomic E-state index is 0.0986. The predicted molar refractivity (Wildman–Crippen MR) is 115 cm³/mol. The highest BCUT2D eigenvalue weighted by atomic mass is 35.5. The third-order valence-electron chi connectivity index (χ3n) is 5.08. The van der Waals surface area contributed by atoms with Crippen LogP contribution in [0, 0.1) is 18.3 Å². The summed E-state index contributed by atoms with van der Waals surface area (Å²) in [6.45, 7) is 3.85. The monoisotopic (exact) mass is 413 g/mol. The lowest BCUT2D eigenvalue weighted by Crippen LogP contribution is -2.25. The Morgan fingerprint density at radius 2 is 2.14 bits per heavy atom. The van der Waals surface area contributed by atoms with Crippen LogP contribution >= 0.6 is 23.4 Å². The number of anilines is 1. The summed E-state index contributed by atoms with van der Waals surface area (Å²) in [7, 11) is 0. The Labute approximate surface area is 175 Å². The van der Waals surface area contributed by atoms with Gasteiger partial charge in [-0.1, -0.05) is 42.8 Å². The van der Waals surface area contributed by atoms with Crippen molar-refractivity contribution in [2.24, 2.45) is 0 Å². The van der Waals surface area contributed by atoms with Crippen LogP contribution in [0.5, 0.6) is 0 Å². The van der Waals surface area contributed by atoms with Crippen molar-refractivity contribution in [1.29, 1.82) is 5.26 Å². The van der Waals surface area contributed by atoms with Crippen LogP contribution < -0.4 is 5.32 Å². The fourth-order valence-electron chi connectivity index (χ4n) is 3.37. The number of fused-ring (bicyclic) bond motifs is 1. The van der Waals surface area contributed by atoms with Crippen molar-refractivity contribution in [1.82, 2.24) is 4.98 Å². The number of halogens is 1. The first-order valence-corrected chi connectivity index (χ1v) is 10.9. The van der Waals surface area contributed by atoms with Crippen LogP contribution in [-0.4, -0.2) is 16.1 Å². The van der Waals surface area contributed by atoms with E-state index in [0.717, 1.165) is 36.9 Å². The van der Waals surface area contributed by atoms with E-state index < -0.39 is 0 Å². The largest absolute Gasteiger partial charge is 0.325 e. The van der Waals surface area contributed by atoms with Crippen molar-refractivity contribution in [2.75, 3.05) is 5.32 Å². The predicted octanol–water partition coefficient (Wildman–Crippen LogP) is 5.69. The Morgan fingerprint density at radius 3 is 2.89 bits per heavy atom. The second-order valence-electron chi connectivity index (χ2n) is 7.04. The van der Waals surface area contributed by atoms with Crippen molar-refractivity contribution >= 4 is 35.0 Å². The molecule has 1 atom stereocenters. The molecular weight excluding hydrogens is 390 g/mol. The number of benzene rings is 1. The lowest BCUT2D eigenvalue weighted by Gasteiger charge is -2.17. The van der Waals surface area contributed by atoms with E-state index in [-0.39, 0.29) is 11.2 Å². The van der Waals surface area contributed by atoms with Crippen LogP contribution in [0.1, 0.15) is 55.0 Å². The molecule has 0 saturated carbocycles. The minimum Gasteiger partial charge on any atom is -0.325 e. The Hall–Kier alpha value is -2.03. The van der Waals surface area contributed by atoms with Gasteiger partial charge in [0.05, 0.1) is 10.8 Å². The first-order valence-electron chi connectivity index (χ1n) is 9.69. The third kappa shape index (κ3) is 4.68. The molecule has 1 aliphatic carbocycles. The number of nitrogens with one attached hydrogen (secondary N) is 1. The standard InChI is InChI=1S/C22H24ClN3OS/c1-3-20(21(27)25-18-11-7-9-17(23)14(18)2)28-22-16(13-24)12-15-8-5-4-6-10-19(15)26-22/h7,9,11-12,20H,3-6,8,10H2,1-2H3,(H,25,27). The number of nitrogens with zero attached hydrogens (tertiary/aromatic N) is 2. The maximum atomic E-state index is 12.9. The highest BCUT2D eigenvalue weighted by Gasteiger charge is 2.23. The van der Waals surface area contributed by atoms with Gasteiger partial charge in [-0.15, -0.1) is 0 Å². The summed E-state index contributed by atoms with van der Waals surface area (Å²) >= 11 is 7.54. The van der Waals surface area contributed by atoms with Gasteiger partial charge >= 0.3 is 0 Å². The van der Waals surface area contributed by atoms with E-state index in [1.807, 2.05) is 32.0 Å². The van der Waals surface area contributed by atoms with Gasteiger partial charge < -0.3 is 5.32 Å². The van der Waals surface area contributed by atoms with Crippen molar-refractivity contribution in [3.63, 3.8) is 0 Å². The molecule has 1 unspecified atom stereocenters. The Kier molecular flexibility index (Phi) is 6.98. The molecule has 1 aliphatic rings. The van der Waals surface area contributed by atoms with Gasteiger partial charge in [0.1, 0.15) is 11.1 Å². The molecular formula is C22H24ClN3OS. The summed E-state index contributed by atoms with van der Waals surface area (Å²) < 4.78 is 0. The van der Waals surface area contributed by atoms with Crippen LogP contribution in [-0.2, 0) is 17.6 Å². The number of amides is 1. The topological polar surface area (TPSA) is 65.8 Å². The number of thioether (sulfide) groups is 1. The van der Waals surface area contributed by atoms with Crippen molar-refractivity contribution in [3.8, 4) is 6.07 Å². The molecule has 4 nitrogen and oxygen atoms in total. The van der Waals surface area contributed by atoms with Gasteiger partial charge in [-0.3, -0.25) is 4.79 Å². The zero-order valence-electron chi connectivity index (χ0n) is 16.2. The molecule has 3 rings (SSSR count). The summed E-state index contributed by atoms with van der Waals surface area (Å²) in [5, 5.41) is 13.5. The Bertz CT molecular complexity index is 923. The first-order chi connectivity index (χ1) is 13.5. The summed E-state index contributed by atoms with van der Waals surface area (Å²) in [6.07, 6.45) is 6.03. The number of hydrogen-bond donors (Lipinski definition) is 1. The van der Waals surface area contributed by atoms with Crippen molar-refractivity contribution in [2.45, 2.75) is 62.6 Å². The van der Waals surface area contributed by atoms with E-state index in [2.05, 4.69) is 11.4 Å². The van der Waals surface area contributed by atoms with Crippen LogP contribution in [0.3, 0.4) is 0 Å². The molecule has 1 heterocycles. The van der Waals surface area contributed by atoms with E-state index >= 15 is 0 Å². The second-order valence-corrected chi connectivity index (χ2v) is 8.63. The summed E-state index contributed by atoms with van der Waals surface area (Å²) in [5.41, 5.74) is 4.39. The average Bonchev–Trinajstić information content (AvgIpc) is 2.93. The fraction of sp³-hybridized carbons (Fsp3) is 0.409. The number of hydrogen-bond acceptors (Lipinski definition) is 4. The van der Waals surface area contributed by atoms with E-state index in [1.165, 1.54) is 23.7 Å². The first kappa shape index (κ1) is 20.7. The van der Waals surface area contributed by atoms with Gasteiger partial charge in [0.2, 0.25) is 5.91 Å². The van der Waals surface area contributed by atoms with E-state index in [0.29, 0.717) is 27.7 Å². The number of nitriles is 1. The maximum absolute atomic E-state index is 12.9. The maximum Gasteiger partial charge on any atom is 0.237 e. The molecule has 1 amide bonds. The van der Waals surface area contributed by atoms with Gasteiger partial charge in [-0.05, 0) is 68.4 Å². The SMILES string of the molecule is CCC(Sc1nc2c(cc1C#N)CCCCC2)C(=O)Nc1cccc(Cl)c1C. The number of carbonyl (C=O) groups is 1. The highest BCUT2D eigenvalue weighted by Crippen LogP contribution is 2.32. The van der Waals surface area contributed by atoms with Crippen molar-refractivity contribution in [3.05, 3.63) is 51.7 Å². The molecule has 6 heteroatoms. The van der Waals surface area contributed by atoms with Crippen LogP contribution in [0.4, 0.5) is 5.69 Å². The number of aromatic nitrogens is 1. The van der Waals surface area contributed by atoms with Gasteiger partial charge in [0.25, 0.3) is 0 Å². The summed E-state index contributed by atoms with van der Waals surface area (Å²) in [4.78, 5) is 17.7. The van der Waals surface area contributed by atoms with Crippen molar-refractivity contribution < 1.29 is 4.79 Å². The molecule has 28 heavy (non-hydrogen) atoms. The smallest absolute Gasteiger partial charge is 0.237 e. The Balaban J connectivity index is 1.82. The number of pyridine rings is 1. The molecule has 2 aromatic rings. The average molecular weight is 414 g/mol. The third-order valence-corrected chi connectivity index (χ3v) is 6.85.